The molecule has 162 valence electrons. The number of nitrogens with zero attached hydrogens (tertiary/aromatic N) is 5. The summed E-state index contributed by atoms with van der Waals surface area (Å²) in [5.74, 6) is -0.722. The van der Waals surface area contributed by atoms with Crippen LogP contribution in [0.15, 0.2) is 48.9 Å². The first-order valence-electron chi connectivity index (χ1n) is 9.94. The molecule has 1 N–H and O–H groups in total. The molecule has 31 heavy (non-hydrogen) atoms. The van der Waals surface area contributed by atoms with Gasteiger partial charge in [0.25, 0.3) is 5.91 Å². The molecule has 0 aliphatic carbocycles. The molecule has 4 rings (SSSR count). The second-order valence-corrected chi connectivity index (χ2v) is 7.60. The van der Waals surface area contributed by atoms with Crippen LogP contribution in [0.2, 0.25) is 5.02 Å². The van der Waals surface area contributed by atoms with E-state index >= 15 is 0 Å². The Bertz CT molecular complexity index is 1030. The third-order valence-corrected chi connectivity index (χ3v) is 5.50. The fraction of sp³-hybridized carbons (Fsp3) is 0.333. The fourth-order valence-corrected chi connectivity index (χ4v) is 3.74. The zero-order valence-electron chi connectivity index (χ0n) is 16.7. The molecule has 3 heterocycles. The average molecular weight is 445 g/mol. The molecule has 8 nitrogen and oxygen atoms in total. The van der Waals surface area contributed by atoms with Crippen LogP contribution in [-0.2, 0) is 11.3 Å². The van der Waals surface area contributed by atoms with Crippen LogP contribution in [0.25, 0.3) is 0 Å². The van der Waals surface area contributed by atoms with Gasteiger partial charge in [0.1, 0.15) is 5.82 Å². The van der Waals surface area contributed by atoms with Crippen molar-refractivity contribution in [1.82, 2.24) is 30.2 Å². The van der Waals surface area contributed by atoms with Gasteiger partial charge in [-0.3, -0.25) is 14.7 Å². The highest BCUT2D eigenvalue weighted by Crippen LogP contribution is 2.21. The van der Waals surface area contributed by atoms with E-state index in [1.54, 1.807) is 24.7 Å². The summed E-state index contributed by atoms with van der Waals surface area (Å²) in [7, 11) is 0. The zero-order chi connectivity index (χ0) is 21.6. The summed E-state index contributed by atoms with van der Waals surface area (Å²) in [6.07, 6.45) is 5.04. The van der Waals surface area contributed by atoms with Crippen LogP contribution in [-0.4, -0.2) is 63.6 Å². The topological polar surface area (TPSA) is 85.2 Å². The maximum atomic E-state index is 13.2. The summed E-state index contributed by atoms with van der Waals surface area (Å²) in [6, 6.07) is 8.07. The Labute approximate surface area is 184 Å². The smallest absolute Gasteiger partial charge is 0.273 e. The minimum absolute atomic E-state index is 0.00363. The first-order valence-corrected chi connectivity index (χ1v) is 10.3. The summed E-state index contributed by atoms with van der Waals surface area (Å²) in [6.45, 7) is 3.60. The molecule has 1 amide bonds. The molecule has 1 fully saturated rings. The quantitative estimate of drug-likeness (QED) is 0.602. The van der Waals surface area contributed by atoms with Gasteiger partial charge >= 0.3 is 0 Å². The normalized spacial score (nSPS) is 15.5. The van der Waals surface area contributed by atoms with E-state index in [1.165, 1.54) is 16.8 Å². The fourth-order valence-electron chi connectivity index (χ4n) is 3.52. The lowest BCUT2D eigenvalue weighted by atomic mass is 10.1. The number of rotatable bonds is 7. The van der Waals surface area contributed by atoms with Crippen molar-refractivity contribution in [2.24, 2.45) is 0 Å². The molecule has 10 heteroatoms. The molecule has 0 bridgehead atoms. The van der Waals surface area contributed by atoms with Gasteiger partial charge in [-0.2, -0.15) is 0 Å². The van der Waals surface area contributed by atoms with E-state index in [0.29, 0.717) is 30.3 Å². The number of ether oxygens (including phenoxy) is 1. The lowest BCUT2D eigenvalue weighted by Crippen LogP contribution is -2.43. The van der Waals surface area contributed by atoms with Crippen molar-refractivity contribution in [2.75, 3.05) is 32.8 Å². The number of halogens is 2. The molecular formula is C21H22ClFN6O2. The largest absolute Gasteiger partial charge is 0.379 e. The van der Waals surface area contributed by atoms with E-state index in [-0.39, 0.29) is 24.2 Å². The van der Waals surface area contributed by atoms with Gasteiger partial charge in [-0.05, 0) is 35.4 Å². The minimum Gasteiger partial charge on any atom is -0.379 e. The molecule has 1 atom stereocenters. The van der Waals surface area contributed by atoms with E-state index < -0.39 is 5.82 Å². The van der Waals surface area contributed by atoms with Crippen LogP contribution >= 0.6 is 11.6 Å². The van der Waals surface area contributed by atoms with Crippen LogP contribution in [0.3, 0.4) is 0 Å². The van der Waals surface area contributed by atoms with Crippen molar-refractivity contribution >= 4 is 17.5 Å². The Morgan fingerprint density at radius 1 is 1.23 bits per heavy atom. The number of pyridine rings is 1. The van der Waals surface area contributed by atoms with Crippen LogP contribution in [0.5, 0.6) is 0 Å². The molecule has 0 radical (unpaired) electrons. The molecule has 1 aliphatic rings. The first-order chi connectivity index (χ1) is 15.1. The number of aromatic nitrogens is 4. The number of nitrogens with one attached hydrogen (secondary N) is 1. The van der Waals surface area contributed by atoms with Gasteiger partial charge in [-0.1, -0.05) is 22.9 Å². The van der Waals surface area contributed by atoms with Gasteiger partial charge in [0.15, 0.2) is 5.69 Å². The van der Waals surface area contributed by atoms with Gasteiger partial charge in [-0.25, -0.2) is 9.07 Å². The Hall–Kier alpha value is -2.88. The Kier molecular flexibility index (Phi) is 6.86. The van der Waals surface area contributed by atoms with Crippen molar-refractivity contribution in [3.05, 3.63) is 76.6 Å². The number of morpholine rings is 1. The van der Waals surface area contributed by atoms with Gasteiger partial charge in [-0.15, -0.1) is 5.10 Å². The van der Waals surface area contributed by atoms with Crippen molar-refractivity contribution in [3.8, 4) is 0 Å². The number of amides is 1. The number of hydrogen-bond donors (Lipinski definition) is 1. The second-order valence-electron chi connectivity index (χ2n) is 7.19. The molecule has 1 aliphatic heterocycles. The van der Waals surface area contributed by atoms with Crippen molar-refractivity contribution in [1.29, 1.82) is 0 Å². The maximum absolute atomic E-state index is 13.2. The Morgan fingerprint density at radius 3 is 2.74 bits per heavy atom. The van der Waals surface area contributed by atoms with Crippen molar-refractivity contribution < 1.29 is 13.9 Å². The van der Waals surface area contributed by atoms with Crippen LogP contribution in [0.1, 0.15) is 27.7 Å². The van der Waals surface area contributed by atoms with E-state index in [2.05, 4.69) is 25.5 Å². The Morgan fingerprint density at radius 2 is 2.00 bits per heavy atom. The maximum Gasteiger partial charge on any atom is 0.273 e. The van der Waals surface area contributed by atoms with Crippen molar-refractivity contribution in [2.45, 2.75) is 12.6 Å². The van der Waals surface area contributed by atoms with Crippen LogP contribution < -0.4 is 5.32 Å². The second kappa shape index (κ2) is 9.95. The van der Waals surface area contributed by atoms with Gasteiger partial charge in [0.05, 0.1) is 32.0 Å². The highest BCUT2D eigenvalue weighted by molar-refractivity contribution is 6.31. The predicted octanol–water partition coefficient (Wildman–Crippen LogP) is 2.32. The minimum atomic E-state index is -0.406. The van der Waals surface area contributed by atoms with E-state index in [4.69, 9.17) is 16.3 Å². The van der Waals surface area contributed by atoms with Gasteiger partial charge in [0.2, 0.25) is 0 Å². The molecule has 1 aromatic carbocycles. The SMILES string of the molecule is O=C(NCC(c1ccncc1)N1CCOCC1)c1cn(Cc2ccc(F)cc2Cl)nn1. The van der Waals surface area contributed by atoms with Crippen LogP contribution in [0, 0.1) is 5.82 Å². The molecule has 0 saturated carbocycles. The number of benzene rings is 1. The molecular weight excluding hydrogens is 423 g/mol. The van der Waals surface area contributed by atoms with E-state index in [1.807, 2.05) is 12.1 Å². The molecule has 1 unspecified atom stereocenters. The summed E-state index contributed by atoms with van der Waals surface area (Å²) in [5, 5.41) is 11.2. The number of carbonyl (C=O) groups is 1. The number of hydrogen-bond acceptors (Lipinski definition) is 6. The summed E-state index contributed by atoms with van der Waals surface area (Å²) in [4.78, 5) is 19.0. The molecule has 3 aromatic rings. The Balaban J connectivity index is 1.41. The van der Waals surface area contributed by atoms with E-state index in [0.717, 1.165) is 18.7 Å². The lowest BCUT2D eigenvalue weighted by molar-refractivity contribution is 0.0162. The van der Waals surface area contributed by atoms with Gasteiger partial charge < -0.3 is 10.1 Å². The average Bonchev–Trinajstić information content (AvgIpc) is 3.26. The van der Waals surface area contributed by atoms with Crippen molar-refractivity contribution in [3.63, 3.8) is 0 Å². The monoisotopic (exact) mass is 444 g/mol. The highest BCUT2D eigenvalue weighted by Gasteiger charge is 2.24. The predicted molar refractivity (Wildman–Crippen MR) is 112 cm³/mol. The highest BCUT2D eigenvalue weighted by atomic mass is 35.5. The third kappa shape index (κ3) is 5.43. The molecule has 2 aromatic heterocycles. The third-order valence-electron chi connectivity index (χ3n) is 5.15. The lowest BCUT2D eigenvalue weighted by Gasteiger charge is -2.34. The zero-order valence-corrected chi connectivity index (χ0v) is 17.5. The molecule has 0 spiro atoms. The summed E-state index contributed by atoms with van der Waals surface area (Å²) < 4.78 is 20.2. The standard InChI is InChI=1S/C21H22ClFN6O2/c22-18-11-17(23)2-1-16(18)13-29-14-19(26-27-29)21(30)25-12-20(15-3-5-24-6-4-15)28-7-9-31-10-8-28/h1-6,11,14,20H,7-10,12-13H2,(H,25,30). The first kappa shape index (κ1) is 21.4. The number of carbonyl (C=O) groups excluding carboxylic acids is 1. The summed E-state index contributed by atoms with van der Waals surface area (Å²) >= 11 is 6.07. The van der Waals surface area contributed by atoms with E-state index in [9.17, 15) is 9.18 Å². The molecule has 1 saturated heterocycles. The van der Waals surface area contributed by atoms with Gasteiger partial charge in [0, 0.05) is 37.1 Å². The van der Waals surface area contributed by atoms with Crippen LogP contribution in [0.4, 0.5) is 4.39 Å². The summed E-state index contributed by atoms with van der Waals surface area (Å²) in [5.41, 5.74) is 1.96.